The summed E-state index contributed by atoms with van der Waals surface area (Å²) in [5, 5.41) is 7.89. The molecule has 0 fully saturated rings. The fourth-order valence-electron chi connectivity index (χ4n) is 3.66. The number of nitrogens with one attached hydrogen (secondary N) is 1. The smallest absolute Gasteiger partial charge is 0.229 e. The van der Waals surface area contributed by atoms with Gasteiger partial charge in [0.25, 0.3) is 0 Å². The summed E-state index contributed by atoms with van der Waals surface area (Å²) < 4.78 is 24.3. The number of hydrogen-bond donors (Lipinski definition) is 1. The molecule has 1 amide bonds. The monoisotopic (exact) mass is 476 g/mol. The number of anilines is 1. The van der Waals surface area contributed by atoms with Crippen molar-refractivity contribution in [2.45, 2.75) is 26.3 Å². The van der Waals surface area contributed by atoms with Crippen LogP contribution in [0.25, 0.3) is 10.9 Å². The van der Waals surface area contributed by atoms with E-state index in [4.69, 9.17) is 18.9 Å². The van der Waals surface area contributed by atoms with Crippen LogP contribution in [0.15, 0.2) is 55.0 Å². The number of benzene rings is 2. The van der Waals surface area contributed by atoms with Crippen molar-refractivity contribution < 1.29 is 23.7 Å². The zero-order valence-corrected chi connectivity index (χ0v) is 20.4. The van der Waals surface area contributed by atoms with E-state index in [1.807, 2.05) is 26.0 Å². The summed E-state index contributed by atoms with van der Waals surface area (Å²) in [4.78, 5) is 17.0. The molecule has 0 spiro atoms. The van der Waals surface area contributed by atoms with E-state index in [9.17, 15) is 4.79 Å². The Kier molecular flexibility index (Phi) is 7.05. The van der Waals surface area contributed by atoms with Gasteiger partial charge in [0.2, 0.25) is 5.91 Å². The lowest BCUT2D eigenvalue weighted by atomic mass is 10.1. The third-order valence-electron chi connectivity index (χ3n) is 5.46. The molecular weight excluding hydrogens is 448 g/mol. The summed E-state index contributed by atoms with van der Waals surface area (Å²) in [6.07, 6.45) is 5.25. The molecule has 182 valence electrons. The van der Waals surface area contributed by atoms with Gasteiger partial charge in [-0.2, -0.15) is 5.10 Å². The molecule has 4 aromatic rings. The predicted molar refractivity (Wildman–Crippen MR) is 133 cm³/mol. The standard InChI is InChI=1S/C26H28N4O5/c1-16(2)30-15-18(14-28-30)29-26(31)10-17-6-7-19(11-23(17)32-3)35-22-8-9-27-21-13-25(34-5)24(33-4)12-20(21)22/h6-9,11-16H,10H2,1-5H3,(H,29,31). The minimum Gasteiger partial charge on any atom is -0.496 e. The van der Waals surface area contributed by atoms with Crippen LogP contribution in [0.3, 0.4) is 0 Å². The van der Waals surface area contributed by atoms with Gasteiger partial charge in [-0.05, 0) is 32.0 Å². The maximum Gasteiger partial charge on any atom is 0.229 e. The first-order chi connectivity index (χ1) is 16.9. The van der Waals surface area contributed by atoms with Crippen LogP contribution in [0.5, 0.6) is 28.7 Å². The first kappa shape index (κ1) is 23.9. The van der Waals surface area contributed by atoms with Gasteiger partial charge in [0.1, 0.15) is 17.2 Å². The minimum absolute atomic E-state index is 0.144. The van der Waals surface area contributed by atoms with Crippen LogP contribution in [0, 0.1) is 0 Å². The van der Waals surface area contributed by atoms with Crippen molar-refractivity contribution in [2.75, 3.05) is 26.6 Å². The van der Waals surface area contributed by atoms with Crippen molar-refractivity contribution in [1.29, 1.82) is 0 Å². The Bertz CT molecular complexity index is 1350. The van der Waals surface area contributed by atoms with E-state index in [2.05, 4.69) is 15.4 Å². The number of fused-ring (bicyclic) bond motifs is 1. The third kappa shape index (κ3) is 5.29. The minimum atomic E-state index is -0.165. The van der Waals surface area contributed by atoms with Gasteiger partial charge in [-0.25, -0.2) is 0 Å². The van der Waals surface area contributed by atoms with Gasteiger partial charge in [0.05, 0.1) is 45.2 Å². The largest absolute Gasteiger partial charge is 0.496 e. The first-order valence-electron chi connectivity index (χ1n) is 11.1. The molecule has 35 heavy (non-hydrogen) atoms. The maximum atomic E-state index is 12.6. The molecule has 2 aromatic carbocycles. The van der Waals surface area contributed by atoms with Gasteiger partial charge in [-0.1, -0.05) is 6.07 Å². The second kappa shape index (κ2) is 10.3. The van der Waals surface area contributed by atoms with E-state index in [1.165, 1.54) is 0 Å². The molecule has 0 aliphatic heterocycles. The summed E-state index contributed by atoms with van der Waals surface area (Å²) in [7, 11) is 4.72. The SMILES string of the molecule is COc1cc(Oc2ccnc3cc(OC)c(OC)cc23)ccc1CC(=O)Nc1cnn(C(C)C)c1. The van der Waals surface area contributed by atoms with Crippen LogP contribution < -0.4 is 24.3 Å². The number of ether oxygens (including phenoxy) is 4. The van der Waals surface area contributed by atoms with E-state index in [0.717, 1.165) is 10.9 Å². The highest BCUT2D eigenvalue weighted by atomic mass is 16.5. The molecule has 0 saturated heterocycles. The molecule has 0 bridgehead atoms. The number of methoxy groups -OCH3 is 3. The summed E-state index contributed by atoms with van der Waals surface area (Å²) in [5.41, 5.74) is 2.10. The lowest BCUT2D eigenvalue weighted by molar-refractivity contribution is -0.115. The zero-order valence-electron chi connectivity index (χ0n) is 20.4. The number of rotatable bonds is 9. The fourth-order valence-corrected chi connectivity index (χ4v) is 3.66. The van der Waals surface area contributed by atoms with Crippen LogP contribution >= 0.6 is 0 Å². The maximum absolute atomic E-state index is 12.6. The molecular formula is C26H28N4O5. The van der Waals surface area contributed by atoms with Crippen LogP contribution in [0.1, 0.15) is 25.5 Å². The van der Waals surface area contributed by atoms with E-state index < -0.39 is 0 Å². The van der Waals surface area contributed by atoms with Crippen molar-refractivity contribution >= 4 is 22.5 Å². The van der Waals surface area contributed by atoms with Crippen molar-refractivity contribution in [3.05, 3.63) is 60.6 Å². The van der Waals surface area contributed by atoms with Gasteiger partial charge in [-0.3, -0.25) is 14.5 Å². The number of aromatic nitrogens is 3. The summed E-state index contributed by atoms with van der Waals surface area (Å²) in [6.45, 7) is 4.05. The average molecular weight is 477 g/mol. The van der Waals surface area contributed by atoms with E-state index in [-0.39, 0.29) is 18.4 Å². The molecule has 2 heterocycles. The topological polar surface area (TPSA) is 96.7 Å². The van der Waals surface area contributed by atoms with Crippen LogP contribution in [-0.2, 0) is 11.2 Å². The Hall–Kier alpha value is -4.27. The third-order valence-corrected chi connectivity index (χ3v) is 5.46. The highest BCUT2D eigenvalue weighted by molar-refractivity contribution is 5.92. The highest BCUT2D eigenvalue weighted by Gasteiger charge is 2.14. The van der Waals surface area contributed by atoms with E-state index >= 15 is 0 Å². The quantitative estimate of drug-likeness (QED) is 0.363. The molecule has 9 heteroatoms. The van der Waals surface area contributed by atoms with E-state index in [0.29, 0.717) is 40.0 Å². The predicted octanol–water partition coefficient (Wildman–Crippen LogP) is 5.01. The van der Waals surface area contributed by atoms with E-state index in [1.54, 1.807) is 68.9 Å². The lowest BCUT2D eigenvalue weighted by Gasteiger charge is -2.14. The van der Waals surface area contributed by atoms with Crippen molar-refractivity contribution in [3.8, 4) is 28.7 Å². The molecule has 0 aliphatic rings. The van der Waals surface area contributed by atoms with Crippen LogP contribution in [0.4, 0.5) is 5.69 Å². The number of nitrogens with zero attached hydrogens (tertiary/aromatic N) is 3. The Labute approximate surface area is 203 Å². The van der Waals surface area contributed by atoms with Crippen molar-refractivity contribution in [3.63, 3.8) is 0 Å². The molecule has 1 N–H and O–H groups in total. The summed E-state index contributed by atoms with van der Waals surface area (Å²) in [5.74, 6) is 2.72. The molecule has 2 aromatic heterocycles. The Morgan fingerprint density at radius 2 is 1.71 bits per heavy atom. The summed E-state index contributed by atoms with van der Waals surface area (Å²) >= 11 is 0. The highest BCUT2D eigenvalue weighted by Crippen LogP contribution is 2.37. The average Bonchev–Trinajstić information content (AvgIpc) is 3.33. The number of hydrogen-bond acceptors (Lipinski definition) is 7. The van der Waals surface area contributed by atoms with Crippen molar-refractivity contribution in [2.24, 2.45) is 0 Å². The normalized spacial score (nSPS) is 10.9. The number of carbonyl (C=O) groups excluding carboxylic acids is 1. The second-order valence-corrected chi connectivity index (χ2v) is 8.14. The molecule has 0 radical (unpaired) electrons. The molecule has 0 atom stereocenters. The number of carbonyl (C=O) groups is 1. The molecule has 0 saturated carbocycles. The fraction of sp³-hybridized carbons (Fsp3) is 0.269. The first-order valence-corrected chi connectivity index (χ1v) is 11.1. The zero-order chi connectivity index (χ0) is 24.9. The second-order valence-electron chi connectivity index (χ2n) is 8.14. The summed E-state index contributed by atoms with van der Waals surface area (Å²) in [6, 6.07) is 11.0. The Morgan fingerprint density at radius 3 is 2.40 bits per heavy atom. The number of amides is 1. The molecule has 0 unspecified atom stereocenters. The van der Waals surface area contributed by atoms with Gasteiger partial charge in [0.15, 0.2) is 11.5 Å². The Balaban J connectivity index is 1.53. The Morgan fingerprint density at radius 1 is 0.971 bits per heavy atom. The number of pyridine rings is 1. The van der Waals surface area contributed by atoms with Crippen molar-refractivity contribution in [1.82, 2.24) is 14.8 Å². The molecule has 4 rings (SSSR count). The lowest BCUT2D eigenvalue weighted by Crippen LogP contribution is -2.14. The molecule has 0 aliphatic carbocycles. The van der Waals surface area contributed by atoms with Gasteiger partial charge in [-0.15, -0.1) is 0 Å². The van der Waals surface area contributed by atoms with Gasteiger partial charge >= 0.3 is 0 Å². The van der Waals surface area contributed by atoms with Crippen LogP contribution in [-0.4, -0.2) is 42.0 Å². The van der Waals surface area contributed by atoms with Crippen LogP contribution in [0.2, 0.25) is 0 Å². The van der Waals surface area contributed by atoms with Gasteiger partial charge in [0, 0.05) is 41.5 Å². The molecule has 9 nitrogen and oxygen atoms in total. The van der Waals surface area contributed by atoms with Gasteiger partial charge < -0.3 is 24.3 Å².